The van der Waals surface area contributed by atoms with Crippen molar-refractivity contribution < 1.29 is 28.4 Å². The molecule has 1 aromatic carbocycles. The monoisotopic (exact) mass is 332 g/mol. The smallest absolute Gasteiger partial charge is 0.340 e. The third kappa shape index (κ3) is 1.93. The van der Waals surface area contributed by atoms with Crippen molar-refractivity contribution >= 4 is 5.97 Å². The van der Waals surface area contributed by atoms with E-state index in [1.807, 2.05) is 6.08 Å². The zero-order valence-electron chi connectivity index (χ0n) is 13.0. The molecule has 0 N–H and O–H groups in total. The van der Waals surface area contributed by atoms with Gasteiger partial charge in [0.15, 0.2) is 0 Å². The van der Waals surface area contributed by atoms with Crippen molar-refractivity contribution in [3.05, 3.63) is 47.3 Å². The molecule has 2 bridgehead atoms. The molecule has 2 unspecified atom stereocenters. The summed E-state index contributed by atoms with van der Waals surface area (Å²) in [6, 6.07) is 5.91. The van der Waals surface area contributed by atoms with E-state index in [9.17, 15) is 9.18 Å². The minimum atomic E-state index is -1.22. The normalized spacial score (nSPS) is 40.4. The highest BCUT2D eigenvalue weighted by molar-refractivity contribution is 5.92. The molecule has 4 heterocycles. The number of cyclic esters (lactones) is 1. The first kappa shape index (κ1) is 14.6. The topological polar surface area (TPSA) is 54.0 Å². The molecule has 5 nitrogen and oxygen atoms in total. The van der Waals surface area contributed by atoms with Crippen molar-refractivity contribution in [2.75, 3.05) is 0 Å². The van der Waals surface area contributed by atoms with Gasteiger partial charge in [-0.3, -0.25) is 0 Å². The van der Waals surface area contributed by atoms with Crippen molar-refractivity contribution in [3.63, 3.8) is 0 Å². The molecular formula is C18H17FO5. The van der Waals surface area contributed by atoms with E-state index in [4.69, 9.17) is 19.2 Å². The lowest BCUT2D eigenvalue weighted by atomic mass is 9.75. The third-order valence-electron chi connectivity index (χ3n) is 5.46. The van der Waals surface area contributed by atoms with Crippen molar-refractivity contribution in [2.24, 2.45) is 0 Å². The summed E-state index contributed by atoms with van der Waals surface area (Å²) in [7, 11) is 0. The summed E-state index contributed by atoms with van der Waals surface area (Å²) < 4.78 is 24.9. The molecule has 0 aromatic heterocycles. The van der Waals surface area contributed by atoms with Gasteiger partial charge in [0.25, 0.3) is 0 Å². The minimum absolute atomic E-state index is 0.108. The maximum Gasteiger partial charge on any atom is 0.340 e. The highest BCUT2D eigenvalue weighted by atomic mass is 19.1. The fourth-order valence-electron chi connectivity index (χ4n) is 4.18. The minimum Gasteiger partial charge on any atom is -0.454 e. The summed E-state index contributed by atoms with van der Waals surface area (Å²) in [5, 5.41) is 0. The van der Waals surface area contributed by atoms with Gasteiger partial charge in [-0.2, -0.15) is 4.89 Å². The molecule has 126 valence electrons. The summed E-state index contributed by atoms with van der Waals surface area (Å²) in [6.07, 6.45) is 5.21. The van der Waals surface area contributed by atoms with Crippen LogP contribution >= 0.6 is 0 Å². The van der Waals surface area contributed by atoms with E-state index in [2.05, 4.69) is 0 Å². The van der Waals surface area contributed by atoms with Gasteiger partial charge in [0, 0.05) is 0 Å². The van der Waals surface area contributed by atoms with Crippen LogP contribution in [0.3, 0.4) is 0 Å². The Hall–Kier alpha value is -1.76. The van der Waals surface area contributed by atoms with Crippen molar-refractivity contribution in [1.29, 1.82) is 0 Å². The zero-order valence-corrected chi connectivity index (χ0v) is 13.0. The summed E-state index contributed by atoms with van der Waals surface area (Å²) in [5.74, 6) is -2.02. The van der Waals surface area contributed by atoms with Gasteiger partial charge in [-0.05, 0) is 43.0 Å². The molecule has 5 aliphatic rings. The van der Waals surface area contributed by atoms with Gasteiger partial charge in [-0.15, -0.1) is 0 Å². The zero-order chi connectivity index (χ0) is 16.4. The number of hydrogen-bond donors (Lipinski definition) is 0. The molecule has 2 saturated heterocycles. The summed E-state index contributed by atoms with van der Waals surface area (Å²) in [6.45, 7) is 0. The first-order valence-corrected chi connectivity index (χ1v) is 8.35. The Bertz CT molecular complexity index is 729. The molecule has 0 radical (unpaired) electrons. The molecule has 1 saturated carbocycles. The molecule has 6 heteroatoms. The van der Waals surface area contributed by atoms with Crippen LogP contribution in [0.25, 0.3) is 0 Å². The van der Waals surface area contributed by atoms with Gasteiger partial charge in [0.05, 0.1) is 18.1 Å². The molecular weight excluding hydrogens is 315 g/mol. The van der Waals surface area contributed by atoms with Crippen LogP contribution in [-0.2, 0) is 24.0 Å². The standard InChI is InChI=1S/C18H17FO5/c19-12-6-4-11(5-7-12)14-10-18-13(16(20)21-14)9-17(23-24-18)8-2-1-3-15(17)22-18/h4-7,9,14-15H,1-3,8,10H2/t14?,15?,17-,18+/m1/s1. The first-order valence-electron chi connectivity index (χ1n) is 8.35. The molecule has 1 aromatic rings. The Morgan fingerprint density at radius 1 is 1.12 bits per heavy atom. The lowest BCUT2D eigenvalue weighted by Gasteiger charge is -2.56. The second-order valence-electron chi connectivity index (χ2n) is 6.93. The van der Waals surface area contributed by atoms with Crippen molar-refractivity contribution in [1.82, 2.24) is 0 Å². The Labute approximate surface area is 138 Å². The van der Waals surface area contributed by atoms with Crippen molar-refractivity contribution in [2.45, 2.75) is 55.7 Å². The highest BCUT2D eigenvalue weighted by Gasteiger charge is 2.64. The number of benzene rings is 1. The molecule has 0 amide bonds. The molecule has 3 fully saturated rings. The quantitative estimate of drug-likeness (QED) is 0.584. The van der Waals surface area contributed by atoms with E-state index in [0.29, 0.717) is 17.6 Å². The summed E-state index contributed by atoms with van der Waals surface area (Å²) in [5.41, 5.74) is 0.429. The summed E-state index contributed by atoms with van der Waals surface area (Å²) >= 11 is 0. The van der Waals surface area contributed by atoms with Gasteiger partial charge in [-0.25, -0.2) is 14.1 Å². The number of hydrogen-bond acceptors (Lipinski definition) is 5. The maximum atomic E-state index is 13.1. The molecule has 2 spiro atoms. The lowest BCUT2D eigenvalue weighted by Crippen LogP contribution is -2.66. The number of rotatable bonds is 1. The number of carbonyl (C=O) groups excluding carboxylic acids is 1. The molecule has 1 aliphatic carbocycles. The van der Waals surface area contributed by atoms with Crippen LogP contribution in [0.1, 0.15) is 43.8 Å². The van der Waals surface area contributed by atoms with Gasteiger partial charge < -0.3 is 9.47 Å². The number of carbonyl (C=O) groups is 1. The summed E-state index contributed by atoms with van der Waals surface area (Å²) in [4.78, 5) is 23.9. The van der Waals surface area contributed by atoms with Crippen molar-refractivity contribution in [3.8, 4) is 0 Å². The predicted molar refractivity (Wildman–Crippen MR) is 78.9 cm³/mol. The Balaban J connectivity index is 1.53. The van der Waals surface area contributed by atoms with E-state index < -0.39 is 23.5 Å². The molecule has 6 rings (SSSR count). The molecule has 4 atom stereocenters. The number of halogens is 1. The highest BCUT2D eigenvalue weighted by Crippen LogP contribution is 2.54. The first-order chi connectivity index (χ1) is 11.6. The lowest BCUT2D eigenvalue weighted by molar-refractivity contribution is -0.527. The van der Waals surface area contributed by atoms with E-state index in [1.54, 1.807) is 12.1 Å². The van der Waals surface area contributed by atoms with E-state index in [-0.39, 0.29) is 11.9 Å². The Morgan fingerprint density at radius 3 is 2.79 bits per heavy atom. The van der Waals surface area contributed by atoms with Crippen LogP contribution in [0.2, 0.25) is 0 Å². The second kappa shape index (κ2) is 4.88. The SMILES string of the molecule is O=C1OC(c2ccc(F)cc2)C[C@]23OO[C@@]4(C=C12)CCCCC4O3. The van der Waals surface area contributed by atoms with Crippen LogP contribution in [0.15, 0.2) is 35.9 Å². The number of ether oxygens (including phenoxy) is 2. The molecule has 24 heavy (non-hydrogen) atoms. The van der Waals surface area contributed by atoms with Crippen LogP contribution in [0.4, 0.5) is 4.39 Å². The molecule has 4 aliphatic heterocycles. The number of esters is 1. The third-order valence-corrected chi connectivity index (χ3v) is 5.46. The fraction of sp³-hybridized carbons (Fsp3) is 0.500. The average molecular weight is 332 g/mol. The van der Waals surface area contributed by atoms with Crippen LogP contribution in [0, 0.1) is 5.82 Å². The largest absolute Gasteiger partial charge is 0.454 e. The van der Waals surface area contributed by atoms with E-state index >= 15 is 0 Å². The fourth-order valence-corrected chi connectivity index (χ4v) is 4.18. The predicted octanol–water partition coefficient (Wildman–Crippen LogP) is 3.11. The van der Waals surface area contributed by atoms with Gasteiger partial charge in [0.2, 0.25) is 5.79 Å². The van der Waals surface area contributed by atoms with Gasteiger partial charge in [0.1, 0.15) is 17.5 Å². The van der Waals surface area contributed by atoms with Crippen LogP contribution in [0.5, 0.6) is 0 Å². The second-order valence-corrected chi connectivity index (χ2v) is 6.93. The van der Waals surface area contributed by atoms with E-state index in [0.717, 1.165) is 25.7 Å². The van der Waals surface area contributed by atoms with E-state index in [1.165, 1.54) is 12.1 Å². The average Bonchev–Trinajstić information content (AvgIpc) is 2.60. The van der Waals surface area contributed by atoms with Gasteiger partial charge in [-0.1, -0.05) is 18.6 Å². The van der Waals surface area contributed by atoms with Gasteiger partial charge >= 0.3 is 5.97 Å². The Morgan fingerprint density at radius 2 is 1.96 bits per heavy atom. The van der Waals surface area contributed by atoms with Crippen LogP contribution < -0.4 is 0 Å². The Kier molecular flexibility index (Phi) is 2.96. The van der Waals surface area contributed by atoms with Crippen LogP contribution in [-0.4, -0.2) is 23.5 Å². The number of fused-ring (bicyclic) bond motifs is 1. The maximum absolute atomic E-state index is 13.1.